The van der Waals surface area contributed by atoms with Crippen molar-refractivity contribution in [3.05, 3.63) is 90.5 Å². The number of fused-ring (bicyclic) bond motifs is 1. The van der Waals surface area contributed by atoms with E-state index < -0.39 is 11.7 Å². The number of H-pyrrole nitrogens is 2. The number of hydrogen-bond donors (Lipinski definition) is 3. The van der Waals surface area contributed by atoms with Crippen LogP contribution in [0.2, 0.25) is 0 Å². The Hall–Kier alpha value is -4.26. The molecule has 0 aliphatic heterocycles. The SMILES string of the molecule is O=C(Nc1ccccc1F)c1ccc2nc(-c3ccc[nH]3)c(-c3ccc[nH]3)nc2c1. The zero-order chi connectivity index (χ0) is 20.5. The average molecular weight is 397 g/mol. The molecule has 0 aliphatic carbocycles. The zero-order valence-corrected chi connectivity index (χ0v) is 15.7. The van der Waals surface area contributed by atoms with Crippen LogP contribution >= 0.6 is 0 Å². The van der Waals surface area contributed by atoms with Crippen LogP contribution in [-0.2, 0) is 0 Å². The van der Waals surface area contributed by atoms with Crippen LogP contribution in [0.3, 0.4) is 0 Å². The molecule has 146 valence electrons. The van der Waals surface area contributed by atoms with Gasteiger partial charge < -0.3 is 15.3 Å². The van der Waals surface area contributed by atoms with Gasteiger partial charge in [-0.25, -0.2) is 14.4 Å². The predicted molar refractivity (Wildman–Crippen MR) is 113 cm³/mol. The summed E-state index contributed by atoms with van der Waals surface area (Å²) in [5.74, 6) is -0.908. The largest absolute Gasteiger partial charge is 0.360 e. The van der Waals surface area contributed by atoms with Gasteiger partial charge in [-0.05, 0) is 54.6 Å². The van der Waals surface area contributed by atoms with E-state index in [1.165, 1.54) is 12.1 Å². The number of aromatic nitrogens is 4. The first-order chi connectivity index (χ1) is 14.7. The number of nitrogens with zero attached hydrogens (tertiary/aromatic N) is 2. The highest BCUT2D eigenvalue weighted by Crippen LogP contribution is 2.29. The summed E-state index contributed by atoms with van der Waals surface area (Å²) in [4.78, 5) is 28.5. The number of anilines is 1. The monoisotopic (exact) mass is 397 g/mol. The number of rotatable bonds is 4. The quantitative estimate of drug-likeness (QED) is 0.398. The van der Waals surface area contributed by atoms with Gasteiger partial charge in [0.1, 0.15) is 17.2 Å². The molecule has 0 aliphatic rings. The van der Waals surface area contributed by atoms with E-state index >= 15 is 0 Å². The van der Waals surface area contributed by atoms with E-state index in [4.69, 9.17) is 9.97 Å². The summed E-state index contributed by atoms with van der Waals surface area (Å²) in [5.41, 5.74) is 4.74. The van der Waals surface area contributed by atoms with Crippen molar-refractivity contribution in [1.82, 2.24) is 19.9 Å². The number of nitrogens with one attached hydrogen (secondary N) is 3. The van der Waals surface area contributed by atoms with Gasteiger partial charge >= 0.3 is 0 Å². The zero-order valence-electron chi connectivity index (χ0n) is 15.7. The van der Waals surface area contributed by atoms with Gasteiger partial charge in [0, 0.05) is 18.0 Å². The fraction of sp³-hybridized carbons (Fsp3) is 0. The summed E-state index contributed by atoms with van der Waals surface area (Å²) < 4.78 is 13.9. The molecule has 30 heavy (non-hydrogen) atoms. The van der Waals surface area contributed by atoms with Crippen molar-refractivity contribution in [2.24, 2.45) is 0 Å². The third kappa shape index (κ3) is 3.22. The van der Waals surface area contributed by atoms with E-state index in [0.717, 1.165) is 11.4 Å². The molecule has 6 nitrogen and oxygen atoms in total. The number of halogens is 1. The second-order valence-electron chi connectivity index (χ2n) is 6.73. The van der Waals surface area contributed by atoms with E-state index in [1.807, 2.05) is 36.7 Å². The van der Waals surface area contributed by atoms with E-state index in [2.05, 4.69) is 15.3 Å². The molecule has 0 fully saturated rings. The van der Waals surface area contributed by atoms with Crippen LogP contribution in [-0.4, -0.2) is 25.8 Å². The van der Waals surface area contributed by atoms with Crippen molar-refractivity contribution in [1.29, 1.82) is 0 Å². The van der Waals surface area contributed by atoms with Crippen LogP contribution in [0.1, 0.15) is 10.4 Å². The van der Waals surface area contributed by atoms with E-state index in [9.17, 15) is 9.18 Å². The summed E-state index contributed by atoms with van der Waals surface area (Å²) >= 11 is 0. The topological polar surface area (TPSA) is 86.5 Å². The molecule has 0 spiro atoms. The average Bonchev–Trinajstić information content (AvgIpc) is 3.48. The number of carbonyl (C=O) groups excluding carboxylic acids is 1. The third-order valence-electron chi connectivity index (χ3n) is 4.75. The van der Waals surface area contributed by atoms with Gasteiger partial charge in [-0.15, -0.1) is 0 Å². The number of carbonyl (C=O) groups is 1. The molecule has 3 N–H and O–H groups in total. The van der Waals surface area contributed by atoms with Crippen LogP contribution in [0, 0.1) is 5.82 Å². The highest BCUT2D eigenvalue weighted by Gasteiger charge is 2.16. The predicted octanol–water partition coefficient (Wildman–Crippen LogP) is 5.01. The molecule has 3 aromatic heterocycles. The molecule has 0 saturated heterocycles. The number of aromatic amines is 2. The first kappa shape index (κ1) is 17.8. The Morgan fingerprint density at radius 2 is 1.47 bits per heavy atom. The summed E-state index contributed by atoms with van der Waals surface area (Å²) in [6, 6.07) is 18.7. The molecular weight excluding hydrogens is 381 g/mol. The molecule has 5 aromatic rings. The van der Waals surface area contributed by atoms with Gasteiger partial charge in [0.2, 0.25) is 0 Å². The van der Waals surface area contributed by atoms with Gasteiger partial charge in [-0.2, -0.15) is 0 Å². The first-order valence-electron chi connectivity index (χ1n) is 9.34. The normalized spacial score (nSPS) is 11.0. The minimum absolute atomic E-state index is 0.128. The second-order valence-corrected chi connectivity index (χ2v) is 6.73. The molecule has 1 amide bonds. The second kappa shape index (κ2) is 7.29. The molecule has 0 unspecified atom stereocenters. The molecular formula is C23H16FN5O. The Balaban J connectivity index is 1.58. The molecule has 5 rings (SSSR count). The van der Waals surface area contributed by atoms with Crippen molar-refractivity contribution in [2.75, 3.05) is 5.32 Å². The standard InChI is InChI=1S/C23H16FN5O/c24-15-5-1-2-6-16(15)29-23(30)14-9-10-17-20(13-14)28-22(19-8-4-12-26-19)21(27-17)18-7-3-11-25-18/h1-13,25-26H,(H,29,30). The van der Waals surface area contributed by atoms with Gasteiger partial charge in [-0.3, -0.25) is 4.79 Å². The lowest BCUT2D eigenvalue weighted by Gasteiger charge is -2.10. The Labute approximate surface area is 170 Å². The Bertz CT molecular complexity index is 1340. The van der Waals surface area contributed by atoms with Crippen LogP contribution in [0.15, 0.2) is 79.1 Å². The number of para-hydroxylation sites is 1. The summed E-state index contributed by atoms with van der Waals surface area (Å²) in [6.07, 6.45) is 3.65. The highest BCUT2D eigenvalue weighted by molar-refractivity contribution is 6.06. The minimum Gasteiger partial charge on any atom is -0.360 e. The number of benzene rings is 2. The van der Waals surface area contributed by atoms with E-state index in [-0.39, 0.29) is 5.69 Å². The van der Waals surface area contributed by atoms with Crippen molar-refractivity contribution >= 4 is 22.6 Å². The van der Waals surface area contributed by atoms with Crippen molar-refractivity contribution in [3.8, 4) is 22.8 Å². The van der Waals surface area contributed by atoms with Crippen molar-refractivity contribution in [2.45, 2.75) is 0 Å². The van der Waals surface area contributed by atoms with Gasteiger partial charge in [0.25, 0.3) is 5.91 Å². The summed E-state index contributed by atoms with van der Waals surface area (Å²) in [5, 5.41) is 2.59. The fourth-order valence-corrected chi connectivity index (χ4v) is 3.28. The smallest absolute Gasteiger partial charge is 0.255 e. The van der Waals surface area contributed by atoms with Gasteiger partial charge in [0.15, 0.2) is 0 Å². The van der Waals surface area contributed by atoms with Crippen LogP contribution in [0.25, 0.3) is 33.8 Å². The molecule has 7 heteroatoms. The van der Waals surface area contributed by atoms with Crippen molar-refractivity contribution in [3.63, 3.8) is 0 Å². The Morgan fingerprint density at radius 1 is 0.800 bits per heavy atom. The molecule has 0 radical (unpaired) electrons. The lowest BCUT2D eigenvalue weighted by atomic mass is 10.1. The minimum atomic E-state index is -0.490. The maximum atomic E-state index is 13.9. The maximum absolute atomic E-state index is 13.9. The summed E-state index contributed by atoms with van der Waals surface area (Å²) in [7, 11) is 0. The summed E-state index contributed by atoms with van der Waals surface area (Å²) in [6.45, 7) is 0. The number of hydrogen-bond acceptors (Lipinski definition) is 3. The highest BCUT2D eigenvalue weighted by atomic mass is 19.1. The van der Waals surface area contributed by atoms with Gasteiger partial charge in [0.05, 0.1) is 28.1 Å². The molecule has 3 heterocycles. The van der Waals surface area contributed by atoms with Crippen molar-refractivity contribution < 1.29 is 9.18 Å². The molecule has 0 bridgehead atoms. The lowest BCUT2D eigenvalue weighted by Crippen LogP contribution is -2.13. The fourth-order valence-electron chi connectivity index (χ4n) is 3.28. The number of amides is 1. The Kier molecular flexibility index (Phi) is 4.33. The maximum Gasteiger partial charge on any atom is 0.255 e. The van der Waals surface area contributed by atoms with E-state index in [1.54, 1.807) is 30.3 Å². The van der Waals surface area contributed by atoms with E-state index in [0.29, 0.717) is 28.0 Å². The van der Waals surface area contributed by atoms with Crippen LogP contribution in [0.4, 0.5) is 10.1 Å². The van der Waals surface area contributed by atoms with Gasteiger partial charge in [-0.1, -0.05) is 12.1 Å². The molecule has 0 saturated carbocycles. The third-order valence-corrected chi connectivity index (χ3v) is 4.75. The lowest BCUT2D eigenvalue weighted by molar-refractivity contribution is 0.102. The molecule has 0 atom stereocenters. The first-order valence-corrected chi connectivity index (χ1v) is 9.34. The Morgan fingerprint density at radius 3 is 2.10 bits per heavy atom. The van der Waals surface area contributed by atoms with Crippen LogP contribution in [0.5, 0.6) is 0 Å². The molecule has 2 aromatic carbocycles. The van der Waals surface area contributed by atoms with Crippen LogP contribution < -0.4 is 5.32 Å².